The summed E-state index contributed by atoms with van der Waals surface area (Å²) in [5.41, 5.74) is 6.47. The Kier molecular flexibility index (Phi) is 9.83. The molecule has 0 bridgehead atoms. The van der Waals surface area contributed by atoms with E-state index >= 15 is 0 Å². The number of aliphatic imine (C=N–C) groups is 1. The molecule has 206 valence electrons. The SMILES string of the molecule is CCC1=NCCO1.Nc1nc2ncc(CNc3ccc(C(=O)NC(CCC(=O)O)C(=O)O)cc3)nc2c(=O)[nH]1. The van der Waals surface area contributed by atoms with Gasteiger partial charge in [-0.05, 0) is 30.7 Å². The molecule has 1 unspecified atom stereocenters. The zero-order valence-corrected chi connectivity index (χ0v) is 21.0. The van der Waals surface area contributed by atoms with Crippen LogP contribution >= 0.6 is 0 Å². The standard InChI is InChI=1S/C19H19N7O6.C5H9NO/c20-19-25-15-14(17(30)26-19)23-11(8-22-15)7-21-10-3-1-9(2-4-10)16(29)24-12(18(31)32)5-6-13(27)28;1-2-5-6-3-4-7-5/h1-4,8,12,21H,5-7H2,(H,24,29)(H,27,28)(H,31,32)(H3,20,22,25,26,30);2-4H2,1H3. The van der Waals surface area contributed by atoms with Crippen molar-refractivity contribution < 1.29 is 29.3 Å². The van der Waals surface area contributed by atoms with E-state index in [0.29, 0.717) is 11.4 Å². The summed E-state index contributed by atoms with van der Waals surface area (Å²) in [5.74, 6) is -2.24. The lowest BCUT2D eigenvalue weighted by atomic mass is 10.1. The summed E-state index contributed by atoms with van der Waals surface area (Å²) in [4.78, 5) is 64.6. The minimum absolute atomic E-state index is 0.0524. The van der Waals surface area contributed by atoms with Crippen molar-refractivity contribution in [2.75, 3.05) is 24.2 Å². The fourth-order valence-electron chi connectivity index (χ4n) is 3.35. The van der Waals surface area contributed by atoms with E-state index in [1.54, 1.807) is 12.1 Å². The maximum absolute atomic E-state index is 12.3. The number of nitrogen functional groups attached to an aromatic ring is 1. The highest BCUT2D eigenvalue weighted by atomic mass is 16.5. The Balaban J connectivity index is 0.000000520. The minimum Gasteiger partial charge on any atom is -0.481 e. The van der Waals surface area contributed by atoms with Crippen LogP contribution in [0.3, 0.4) is 0 Å². The van der Waals surface area contributed by atoms with Crippen LogP contribution in [0.4, 0.5) is 11.6 Å². The van der Waals surface area contributed by atoms with Gasteiger partial charge in [0.15, 0.2) is 17.1 Å². The van der Waals surface area contributed by atoms with E-state index in [9.17, 15) is 19.2 Å². The maximum Gasteiger partial charge on any atom is 0.326 e. The number of benzene rings is 1. The molecule has 0 saturated carbocycles. The van der Waals surface area contributed by atoms with E-state index in [-0.39, 0.29) is 42.1 Å². The number of aromatic nitrogens is 4. The molecule has 1 aliphatic heterocycles. The van der Waals surface area contributed by atoms with Gasteiger partial charge in [-0.15, -0.1) is 0 Å². The molecule has 39 heavy (non-hydrogen) atoms. The second-order valence-electron chi connectivity index (χ2n) is 8.19. The summed E-state index contributed by atoms with van der Waals surface area (Å²) in [6.07, 6.45) is 1.78. The molecule has 3 heterocycles. The van der Waals surface area contributed by atoms with Crippen LogP contribution in [0.2, 0.25) is 0 Å². The number of nitrogens with one attached hydrogen (secondary N) is 3. The third-order valence-corrected chi connectivity index (χ3v) is 5.31. The number of carbonyl (C=O) groups excluding carboxylic acids is 1. The number of amides is 1. The van der Waals surface area contributed by atoms with Crippen LogP contribution in [0.5, 0.6) is 0 Å². The molecule has 0 saturated heterocycles. The van der Waals surface area contributed by atoms with Crippen molar-refractivity contribution in [3.8, 4) is 0 Å². The number of hydrogen-bond donors (Lipinski definition) is 6. The predicted molar refractivity (Wildman–Crippen MR) is 140 cm³/mol. The van der Waals surface area contributed by atoms with Gasteiger partial charge >= 0.3 is 11.9 Å². The summed E-state index contributed by atoms with van der Waals surface area (Å²) >= 11 is 0. The third-order valence-electron chi connectivity index (χ3n) is 5.31. The van der Waals surface area contributed by atoms with Crippen molar-refractivity contribution in [2.24, 2.45) is 4.99 Å². The van der Waals surface area contributed by atoms with Gasteiger partial charge in [0.05, 0.1) is 25.0 Å². The van der Waals surface area contributed by atoms with E-state index in [1.807, 2.05) is 6.92 Å². The normalized spacial score (nSPS) is 12.9. The monoisotopic (exact) mass is 540 g/mol. The quantitative estimate of drug-likeness (QED) is 0.209. The molecule has 0 radical (unpaired) electrons. The number of aliphatic carboxylic acids is 2. The minimum atomic E-state index is -1.31. The number of ether oxygens (including phenoxy) is 1. The zero-order chi connectivity index (χ0) is 28.4. The van der Waals surface area contributed by atoms with Crippen molar-refractivity contribution in [3.63, 3.8) is 0 Å². The molecule has 0 fully saturated rings. The number of carboxylic acid groups (broad SMARTS) is 2. The number of fused-ring (bicyclic) bond motifs is 1. The molecule has 2 aromatic heterocycles. The van der Waals surface area contributed by atoms with Crippen LogP contribution in [-0.2, 0) is 20.9 Å². The summed E-state index contributed by atoms with van der Waals surface area (Å²) in [7, 11) is 0. The van der Waals surface area contributed by atoms with E-state index < -0.39 is 29.4 Å². The fourth-order valence-corrected chi connectivity index (χ4v) is 3.35. The average Bonchev–Trinajstić information content (AvgIpc) is 3.44. The van der Waals surface area contributed by atoms with E-state index in [0.717, 1.165) is 25.5 Å². The van der Waals surface area contributed by atoms with E-state index in [4.69, 9.17) is 20.7 Å². The lowest BCUT2D eigenvalue weighted by Crippen LogP contribution is -2.41. The van der Waals surface area contributed by atoms with Crippen molar-refractivity contribution in [2.45, 2.75) is 38.8 Å². The molecule has 1 atom stereocenters. The Morgan fingerprint density at radius 2 is 1.92 bits per heavy atom. The number of carbonyl (C=O) groups is 3. The van der Waals surface area contributed by atoms with Crippen molar-refractivity contribution in [3.05, 3.63) is 52.1 Å². The maximum atomic E-state index is 12.3. The first-order valence-corrected chi connectivity index (χ1v) is 11.9. The number of H-pyrrole nitrogens is 1. The molecule has 3 aromatic rings. The topological polar surface area (TPSA) is 235 Å². The number of rotatable bonds is 10. The Hall–Kier alpha value is -5.08. The van der Waals surface area contributed by atoms with Gasteiger partial charge in [0.25, 0.3) is 11.5 Å². The number of nitrogens with two attached hydrogens (primary N) is 1. The summed E-state index contributed by atoms with van der Waals surface area (Å²) in [6, 6.07) is 4.86. The van der Waals surface area contributed by atoms with E-state index in [1.165, 1.54) is 18.3 Å². The number of hydrogen-bond acceptors (Lipinski definition) is 11. The van der Waals surface area contributed by atoms with Gasteiger partial charge in [-0.25, -0.2) is 14.8 Å². The highest BCUT2D eigenvalue weighted by Crippen LogP contribution is 2.12. The van der Waals surface area contributed by atoms with Gasteiger partial charge in [0, 0.05) is 24.1 Å². The molecule has 1 amide bonds. The molecule has 15 nitrogen and oxygen atoms in total. The molecule has 0 spiro atoms. The summed E-state index contributed by atoms with van der Waals surface area (Å²) < 4.78 is 5.05. The van der Waals surface area contributed by atoms with Crippen LogP contribution in [-0.4, -0.2) is 73.1 Å². The largest absolute Gasteiger partial charge is 0.481 e. The lowest BCUT2D eigenvalue weighted by molar-refractivity contribution is -0.140. The fraction of sp³-hybridized carbons (Fsp3) is 0.333. The highest BCUT2D eigenvalue weighted by Gasteiger charge is 2.21. The molecule has 15 heteroatoms. The number of nitrogens with zero attached hydrogens (tertiary/aromatic N) is 4. The van der Waals surface area contributed by atoms with Crippen LogP contribution in [0.1, 0.15) is 42.2 Å². The molecule has 0 aliphatic carbocycles. The van der Waals surface area contributed by atoms with Gasteiger partial charge in [-0.2, -0.15) is 4.98 Å². The smallest absolute Gasteiger partial charge is 0.326 e. The number of carboxylic acids is 2. The Morgan fingerprint density at radius 3 is 2.51 bits per heavy atom. The van der Waals surface area contributed by atoms with Crippen LogP contribution in [0.15, 0.2) is 40.2 Å². The molecule has 1 aliphatic rings. The molecular weight excluding hydrogens is 512 g/mol. The van der Waals surface area contributed by atoms with Crippen LogP contribution in [0.25, 0.3) is 11.2 Å². The summed E-state index contributed by atoms with van der Waals surface area (Å²) in [5, 5.41) is 23.2. The Bertz CT molecular complexity index is 1420. The molecule has 1 aromatic carbocycles. The van der Waals surface area contributed by atoms with Gasteiger partial charge in [-0.1, -0.05) is 6.92 Å². The predicted octanol–water partition coefficient (Wildman–Crippen LogP) is 0.780. The average molecular weight is 541 g/mol. The van der Waals surface area contributed by atoms with Crippen LogP contribution in [0, 0.1) is 0 Å². The van der Waals surface area contributed by atoms with Crippen LogP contribution < -0.4 is 21.9 Å². The summed E-state index contributed by atoms with van der Waals surface area (Å²) in [6.45, 7) is 3.94. The zero-order valence-electron chi connectivity index (χ0n) is 21.0. The lowest BCUT2D eigenvalue weighted by Gasteiger charge is -2.14. The number of aromatic amines is 1. The van der Waals surface area contributed by atoms with Crippen molar-refractivity contribution >= 4 is 46.5 Å². The van der Waals surface area contributed by atoms with Gasteiger partial charge in [0.1, 0.15) is 12.6 Å². The van der Waals surface area contributed by atoms with Gasteiger partial charge in [-0.3, -0.25) is 24.4 Å². The molecule has 4 rings (SSSR count). The second kappa shape index (κ2) is 13.5. The highest BCUT2D eigenvalue weighted by molar-refractivity contribution is 5.97. The van der Waals surface area contributed by atoms with Crippen molar-refractivity contribution in [1.29, 1.82) is 0 Å². The van der Waals surface area contributed by atoms with Gasteiger partial charge < -0.3 is 31.3 Å². The third kappa shape index (κ3) is 8.48. The van der Waals surface area contributed by atoms with Crippen molar-refractivity contribution in [1.82, 2.24) is 25.3 Å². The first-order chi connectivity index (χ1) is 18.7. The second-order valence-corrected chi connectivity index (χ2v) is 8.19. The molecular formula is C24H28N8O7. The first-order valence-electron chi connectivity index (χ1n) is 11.9. The van der Waals surface area contributed by atoms with Gasteiger partial charge in [0.2, 0.25) is 5.95 Å². The number of anilines is 2. The Labute approximate surface area is 221 Å². The van der Waals surface area contributed by atoms with E-state index in [2.05, 4.69) is 35.6 Å². The molecule has 7 N–H and O–H groups in total. The first kappa shape index (κ1) is 28.5. The Morgan fingerprint density at radius 1 is 1.18 bits per heavy atom.